The number of hydrogen-bond donors (Lipinski definition) is 0. The molecule has 0 saturated heterocycles. The zero-order chi connectivity index (χ0) is 15.2. The second kappa shape index (κ2) is 7.22. The lowest BCUT2D eigenvalue weighted by Crippen LogP contribution is -2.01. The Morgan fingerprint density at radius 1 is 1.24 bits per heavy atom. The van der Waals surface area contributed by atoms with Gasteiger partial charge in [-0.1, -0.05) is 59.3 Å². The van der Waals surface area contributed by atoms with Crippen molar-refractivity contribution in [1.29, 1.82) is 0 Å². The van der Waals surface area contributed by atoms with Crippen LogP contribution in [-0.2, 0) is 6.61 Å². The standard InChI is InChI=1S/C16H16BrNO3/c1-12(10-17)14-7-8-16(15(9-14)18(19)20)21-11-13-5-3-2-4-6-13/h2-9,12H,10-11H2,1H3. The average Bonchev–Trinajstić information content (AvgIpc) is 2.52. The van der Waals surface area contributed by atoms with Gasteiger partial charge in [0.1, 0.15) is 6.61 Å². The summed E-state index contributed by atoms with van der Waals surface area (Å²) in [5.41, 5.74) is 1.91. The first kappa shape index (κ1) is 15.5. The van der Waals surface area contributed by atoms with Gasteiger partial charge in [-0.25, -0.2) is 0 Å². The number of nitrogens with zero attached hydrogens (tertiary/aromatic N) is 1. The monoisotopic (exact) mass is 349 g/mol. The number of halogens is 1. The van der Waals surface area contributed by atoms with Crippen LogP contribution in [0.3, 0.4) is 0 Å². The minimum absolute atomic E-state index is 0.0104. The Bertz CT molecular complexity index is 616. The van der Waals surface area contributed by atoms with Crippen molar-refractivity contribution in [3.05, 3.63) is 69.8 Å². The average molecular weight is 350 g/mol. The molecule has 4 nitrogen and oxygen atoms in total. The first-order valence-electron chi connectivity index (χ1n) is 6.63. The van der Waals surface area contributed by atoms with Crippen molar-refractivity contribution in [3.63, 3.8) is 0 Å². The molecule has 5 heteroatoms. The van der Waals surface area contributed by atoms with Crippen LogP contribution in [0.1, 0.15) is 24.0 Å². The van der Waals surface area contributed by atoms with Gasteiger partial charge in [-0.2, -0.15) is 0 Å². The highest BCUT2D eigenvalue weighted by atomic mass is 79.9. The molecule has 2 aromatic rings. The molecular formula is C16H16BrNO3. The summed E-state index contributed by atoms with van der Waals surface area (Å²) in [6, 6.07) is 14.7. The van der Waals surface area contributed by atoms with E-state index in [2.05, 4.69) is 15.9 Å². The van der Waals surface area contributed by atoms with Crippen molar-refractivity contribution >= 4 is 21.6 Å². The number of nitro groups is 1. The fraction of sp³-hybridized carbons (Fsp3) is 0.250. The maximum atomic E-state index is 11.2. The van der Waals surface area contributed by atoms with E-state index in [1.807, 2.05) is 43.3 Å². The van der Waals surface area contributed by atoms with E-state index < -0.39 is 4.92 Å². The van der Waals surface area contributed by atoms with Crippen LogP contribution >= 0.6 is 15.9 Å². The van der Waals surface area contributed by atoms with Gasteiger partial charge in [-0.15, -0.1) is 0 Å². The highest BCUT2D eigenvalue weighted by Gasteiger charge is 2.18. The molecule has 2 aromatic carbocycles. The van der Waals surface area contributed by atoms with Gasteiger partial charge in [0.05, 0.1) is 4.92 Å². The van der Waals surface area contributed by atoms with Gasteiger partial charge in [0.2, 0.25) is 0 Å². The van der Waals surface area contributed by atoms with Crippen molar-refractivity contribution in [2.45, 2.75) is 19.4 Å². The van der Waals surface area contributed by atoms with Crippen LogP contribution in [-0.4, -0.2) is 10.3 Å². The summed E-state index contributed by atoms with van der Waals surface area (Å²) < 4.78 is 5.60. The molecular weight excluding hydrogens is 334 g/mol. The van der Waals surface area contributed by atoms with Gasteiger partial charge >= 0.3 is 5.69 Å². The van der Waals surface area contributed by atoms with E-state index >= 15 is 0 Å². The zero-order valence-electron chi connectivity index (χ0n) is 11.7. The van der Waals surface area contributed by atoms with Crippen molar-refractivity contribution in [2.24, 2.45) is 0 Å². The number of benzene rings is 2. The molecule has 0 radical (unpaired) electrons. The molecule has 21 heavy (non-hydrogen) atoms. The van der Waals surface area contributed by atoms with Crippen LogP contribution in [0.4, 0.5) is 5.69 Å². The first-order chi connectivity index (χ1) is 10.1. The van der Waals surface area contributed by atoms with Crippen molar-refractivity contribution in [1.82, 2.24) is 0 Å². The minimum Gasteiger partial charge on any atom is -0.482 e. The molecule has 1 unspecified atom stereocenters. The van der Waals surface area contributed by atoms with Crippen LogP contribution in [0.5, 0.6) is 5.75 Å². The van der Waals surface area contributed by atoms with Gasteiger partial charge < -0.3 is 4.74 Å². The largest absolute Gasteiger partial charge is 0.482 e. The number of alkyl halides is 1. The molecule has 110 valence electrons. The Morgan fingerprint density at radius 2 is 1.95 bits per heavy atom. The van der Waals surface area contributed by atoms with Gasteiger partial charge in [0.25, 0.3) is 0 Å². The Kier molecular flexibility index (Phi) is 5.33. The highest BCUT2D eigenvalue weighted by Crippen LogP contribution is 2.31. The first-order valence-corrected chi connectivity index (χ1v) is 7.75. The fourth-order valence-electron chi connectivity index (χ4n) is 1.93. The maximum Gasteiger partial charge on any atom is 0.311 e. The molecule has 0 N–H and O–H groups in total. The second-order valence-electron chi connectivity index (χ2n) is 4.81. The van der Waals surface area contributed by atoms with Crippen LogP contribution in [0.25, 0.3) is 0 Å². The highest BCUT2D eigenvalue weighted by molar-refractivity contribution is 9.09. The Morgan fingerprint density at radius 3 is 2.57 bits per heavy atom. The van der Waals surface area contributed by atoms with Crippen molar-refractivity contribution in [2.75, 3.05) is 5.33 Å². The molecule has 0 aromatic heterocycles. The minimum atomic E-state index is -0.398. The van der Waals surface area contributed by atoms with Gasteiger partial charge in [-0.05, 0) is 23.1 Å². The van der Waals surface area contributed by atoms with Crippen molar-refractivity contribution in [3.8, 4) is 5.75 Å². The SMILES string of the molecule is CC(CBr)c1ccc(OCc2ccccc2)c([N+](=O)[O-])c1. The summed E-state index contributed by atoms with van der Waals surface area (Å²) in [6.45, 7) is 2.33. The van der Waals surface area contributed by atoms with E-state index in [0.717, 1.165) is 16.5 Å². The Hall–Kier alpha value is -1.88. The predicted octanol–water partition coefficient (Wildman–Crippen LogP) is 4.67. The maximum absolute atomic E-state index is 11.2. The smallest absolute Gasteiger partial charge is 0.311 e. The Balaban J connectivity index is 2.20. The molecule has 0 saturated carbocycles. The zero-order valence-corrected chi connectivity index (χ0v) is 13.2. The number of hydrogen-bond acceptors (Lipinski definition) is 3. The summed E-state index contributed by atoms with van der Waals surface area (Å²) in [5.74, 6) is 0.515. The van der Waals surface area contributed by atoms with E-state index in [1.165, 1.54) is 0 Å². The Labute approximate surface area is 132 Å². The molecule has 0 aliphatic heterocycles. The van der Waals surface area contributed by atoms with Gasteiger partial charge in [-0.3, -0.25) is 10.1 Å². The predicted molar refractivity (Wildman–Crippen MR) is 86.1 cm³/mol. The second-order valence-corrected chi connectivity index (χ2v) is 5.46. The fourth-order valence-corrected chi connectivity index (χ4v) is 2.30. The normalized spacial score (nSPS) is 11.9. The third-order valence-corrected chi connectivity index (χ3v) is 4.19. The van der Waals surface area contributed by atoms with E-state index in [1.54, 1.807) is 12.1 Å². The summed E-state index contributed by atoms with van der Waals surface area (Å²) in [7, 11) is 0. The van der Waals surface area contributed by atoms with Crippen LogP contribution < -0.4 is 4.74 Å². The van der Waals surface area contributed by atoms with Crippen LogP contribution in [0.15, 0.2) is 48.5 Å². The lowest BCUT2D eigenvalue weighted by atomic mass is 10.0. The van der Waals surface area contributed by atoms with E-state index in [4.69, 9.17) is 4.74 Å². The van der Waals surface area contributed by atoms with Crippen LogP contribution in [0.2, 0.25) is 0 Å². The van der Waals surface area contributed by atoms with E-state index in [0.29, 0.717) is 12.4 Å². The molecule has 2 rings (SSSR count). The molecule has 0 bridgehead atoms. The molecule has 0 amide bonds. The third kappa shape index (κ3) is 4.04. The topological polar surface area (TPSA) is 52.4 Å². The molecule has 0 aliphatic rings. The summed E-state index contributed by atoms with van der Waals surface area (Å²) in [4.78, 5) is 10.8. The van der Waals surface area contributed by atoms with Crippen LogP contribution in [0, 0.1) is 10.1 Å². The lowest BCUT2D eigenvalue weighted by Gasteiger charge is -2.11. The molecule has 0 spiro atoms. The van der Waals surface area contributed by atoms with Gasteiger partial charge in [0.15, 0.2) is 5.75 Å². The molecule has 1 atom stereocenters. The summed E-state index contributed by atoms with van der Waals surface area (Å²) in [5, 5.41) is 12.0. The number of nitro benzene ring substituents is 1. The number of ether oxygens (including phenoxy) is 1. The lowest BCUT2D eigenvalue weighted by molar-refractivity contribution is -0.386. The quantitative estimate of drug-likeness (QED) is 0.432. The van der Waals surface area contributed by atoms with Gasteiger partial charge in [0, 0.05) is 11.4 Å². The summed E-state index contributed by atoms with van der Waals surface area (Å²) in [6.07, 6.45) is 0. The molecule has 0 heterocycles. The van der Waals surface area contributed by atoms with E-state index in [-0.39, 0.29) is 11.6 Å². The van der Waals surface area contributed by atoms with Crippen molar-refractivity contribution < 1.29 is 9.66 Å². The summed E-state index contributed by atoms with van der Waals surface area (Å²) >= 11 is 3.39. The third-order valence-electron chi connectivity index (χ3n) is 3.22. The molecule has 0 fully saturated rings. The molecule has 0 aliphatic carbocycles. The number of rotatable bonds is 6. The van der Waals surface area contributed by atoms with E-state index in [9.17, 15) is 10.1 Å².